The van der Waals surface area contributed by atoms with Gasteiger partial charge in [0.05, 0.1) is 6.20 Å². The van der Waals surface area contributed by atoms with Gasteiger partial charge in [-0.2, -0.15) is 0 Å². The van der Waals surface area contributed by atoms with Crippen LogP contribution < -0.4 is 10.1 Å². The topological polar surface area (TPSA) is 90.1 Å². The van der Waals surface area contributed by atoms with E-state index in [2.05, 4.69) is 20.3 Å². The lowest BCUT2D eigenvalue weighted by atomic mass is 10.2. The number of carbonyl (C=O) groups excluding carboxylic acids is 1. The van der Waals surface area contributed by atoms with Crippen LogP contribution in [0.4, 0.5) is 5.69 Å². The predicted octanol–water partition coefficient (Wildman–Crippen LogP) is 5.46. The number of nitrogens with one attached hydrogen (secondary N) is 1. The first-order valence-electron chi connectivity index (χ1n) is 9.63. The summed E-state index contributed by atoms with van der Waals surface area (Å²) in [5.74, 6) is 1.61. The van der Waals surface area contributed by atoms with Crippen molar-refractivity contribution >= 4 is 23.2 Å². The highest BCUT2D eigenvalue weighted by atomic mass is 35.5. The molecule has 1 amide bonds. The summed E-state index contributed by atoms with van der Waals surface area (Å²) in [6, 6.07) is 14.6. The summed E-state index contributed by atoms with van der Waals surface area (Å²) < 4.78 is 11.4. The van der Waals surface area contributed by atoms with Crippen molar-refractivity contribution in [3.05, 3.63) is 83.6 Å². The fourth-order valence-corrected chi connectivity index (χ4v) is 3.02. The molecule has 31 heavy (non-hydrogen) atoms. The normalized spacial score (nSPS) is 10.6. The Morgan fingerprint density at radius 2 is 1.87 bits per heavy atom. The number of anilines is 1. The van der Waals surface area contributed by atoms with E-state index in [1.54, 1.807) is 48.9 Å². The zero-order chi connectivity index (χ0) is 21.6. The lowest BCUT2D eigenvalue weighted by Crippen LogP contribution is -2.13. The summed E-state index contributed by atoms with van der Waals surface area (Å²) in [6.45, 7) is 1.89. The minimum atomic E-state index is -0.130. The number of hydrogen-bond donors (Lipinski definition) is 1. The number of halogens is 1. The first kappa shape index (κ1) is 20.6. The van der Waals surface area contributed by atoms with E-state index in [0.29, 0.717) is 34.5 Å². The van der Waals surface area contributed by atoms with Crippen molar-refractivity contribution in [3.8, 4) is 23.1 Å². The molecule has 0 radical (unpaired) electrons. The number of benzene rings is 2. The van der Waals surface area contributed by atoms with E-state index in [0.717, 1.165) is 11.1 Å². The summed E-state index contributed by atoms with van der Waals surface area (Å²) in [5, 5.41) is 3.56. The van der Waals surface area contributed by atoms with Crippen molar-refractivity contribution in [1.29, 1.82) is 0 Å². The van der Waals surface area contributed by atoms with Crippen LogP contribution in [0.3, 0.4) is 0 Å². The Morgan fingerprint density at radius 3 is 2.61 bits per heavy atom. The molecule has 0 bridgehead atoms. The maximum absolute atomic E-state index is 12.4. The Morgan fingerprint density at radius 1 is 1.10 bits per heavy atom. The molecule has 0 atom stereocenters. The Kier molecular flexibility index (Phi) is 6.24. The molecular formula is C23H19ClN4O3. The quantitative estimate of drug-likeness (QED) is 0.415. The molecule has 0 aliphatic heterocycles. The van der Waals surface area contributed by atoms with E-state index in [9.17, 15) is 4.79 Å². The van der Waals surface area contributed by atoms with Crippen LogP contribution in [0.25, 0.3) is 11.3 Å². The number of ether oxygens (including phenoxy) is 1. The molecule has 0 saturated heterocycles. The molecule has 2 aromatic carbocycles. The summed E-state index contributed by atoms with van der Waals surface area (Å²) in [6.07, 6.45) is 5.50. The van der Waals surface area contributed by atoms with Crippen molar-refractivity contribution < 1.29 is 13.9 Å². The van der Waals surface area contributed by atoms with Crippen molar-refractivity contribution in [2.24, 2.45) is 0 Å². The lowest BCUT2D eigenvalue weighted by molar-refractivity contribution is -0.116. The van der Waals surface area contributed by atoms with Gasteiger partial charge in [0, 0.05) is 41.5 Å². The van der Waals surface area contributed by atoms with Gasteiger partial charge in [-0.25, -0.2) is 15.0 Å². The number of amides is 1. The summed E-state index contributed by atoms with van der Waals surface area (Å²) >= 11 is 5.91. The standard InChI is InChI=1S/C23H19ClN4O3/c1-15-13-18(30-23-25-11-2-12-26-23)7-8-19(15)28-21(29)9-10-22-27-14-20(31-22)16-3-5-17(24)6-4-16/h2-8,11-14H,9-10H2,1H3,(H,28,29). The summed E-state index contributed by atoms with van der Waals surface area (Å²) in [7, 11) is 0. The molecule has 0 aliphatic carbocycles. The average molecular weight is 435 g/mol. The molecule has 4 rings (SSSR count). The second kappa shape index (κ2) is 9.40. The van der Waals surface area contributed by atoms with Crippen LogP contribution in [0.15, 0.2) is 71.5 Å². The maximum atomic E-state index is 12.4. The fraction of sp³-hybridized carbons (Fsp3) is 0.130. The van der Waals surface area contributed by atoms with Gasteiger partial charge in [-0.15, -0.1) is 0 Å². The Balaban J connectivity index is 1.32. The SMILES string of the molecule is Cc1cc(Oc2ncccn2)ccc1NC(=O)CCc1ncc(-c2ccc(Cl)cc2)o1. The van der Waals surface area contributed by atoms with Crippen molar-refractivity contribution in [1.82, 2.24) is 15.0 Å². The van der Waals surface area contributed by atoms with Crippen LogP contribution in [0, 0.1) is 6.92 Å². The number of aryl methyl sites for hydroxylation is 2. The molecule has 0 unspecified atom stereocenters. The number of carbonyl (C=O) groups is 1. The Labute approximate surface area is 184 Å². The van der Waals surface area contributed by atoms with Gasteiger partial charge in [-0.1, -0.05) is 11.6 Å². The minimum absolute atomic E-state index is 0.130. The average Bonchev–Trinajstić information content (AvgIpc) is 3.25. The first-order valence-corrected chi connectivity index (χ1v) is 10.0. The van der Waals surface area contributed by atoms with Crippen molar-refractivity contribution in [2.45, 2.75) is 19.8 Å². The van der Waals surface area contributed by atoms with Gasteiger partial charge in [-0.3, -0.25) is 4.79 Å². The second-order valence-corrected chi connectivity index (χ2v) is 7.22. The highest BCUT2D eigenvalue weighted by Gasteiger charge is 2.11. The number of hydrogen-bond acceptors (Lipinski definition) is 6. The third kappa shape index (κ3) is 5.46. The third-order valence-electron chi connectivity index (χ3n) is 4.47. The largest absolute Gasteiger partial charge is 0.441 e. The first-order chi connectivity index (χ1) is 15.1. The Hall–Kier alpha value is -3.71. The zero-order valence-electron chi connectivity index (χ0n) is 16.7. The molecular weight excluding hydrogens is 416 g/mol. The van der Waals surface area contributed by atoms with E-state index in [1.807, 2.05) is 25.1 Å². The second-order valence-electron chi connectivity index (χ2n) is 6.78. The van der Waals surface area contributed by atoms with Gasteiger partial charge in [0.1, 0.15) is 5.75 Å². The molecule has 156 valence electrons. The van der Waals surface area contributed by atoms with Crippen LogP contribution >= 0.6 is 11.6 Å². The van der Waals surface area contributed by atoms with Crippen LogP contribution in [-0.4, -0.2) is 20.9 Å². The minimum Gasteiger partial charge on any atom is -0.441 e. The maximum Gasteiger partial charge on any atom is 0.321 e. The number of oxazole rings is 1. The van der Waals surface area contributed by atoms with Crippen LogP contribution in [0.2, 0.25) is 5.02 Å². The smallest absolute Gasteiger partial charge is 0.321 e. The predicted molar refractivity (Wildman–Crippen MR) is 117 cm³/mol. The van der Waals surface area contributed by atoms with Gasteiger partial charge in [-0.05, 0) is 61.0 Å². The highest BCUT2D eigenvalue weighted by Crippen LogP contribution is 2.25. The molecule has 0 fully saturated rings. The molecule has 2 aromatic heterocycles. The fourth-order valence-electron chi connectivity index (χ4n) is 2.89. The van der Waals surface area contributed by atoms with Gasteiger partial charge in [0.25, 0.3) is 0 Å². The third-order valence-corrected chi connectivity index (χ3v) is 4.72. The van der Waals surface area contributed by atoms with E-state index < -0.39 is 0 Å². The van der Waals surface area contributed by atoms with E-state index >= 15 is 0 Å². The van der Waals surface area contributed by atoms with E-state index in [-0.39, 0.29) is 18.3 Å². The van der Waals surface area contributed by atoms with Crippen LogP contribution in [0.5, 0.6) is 11.8 Å². The zero-order valence-corrected chi connectivity index (χ0v) is 17.5. The Bertz CT molecular complexity index is 1180. The molecule has 8 heteroatoms. The highest BCUT2D eigenvalue weighted by molar-refractivity contribution is 6.30. The van der Waals surface area contributed by atoms with Crippen molar-refractivity contribution in [3.63, 3.8) is 0 Å². The van der Waals surface area contributed by atoms with Crippen molar-refractivity contribution in [2.75, 3.05) is 5.32 Å². The summed E-state index contributed by atoms with van der Waals surface area (Å²) in [5.41, 5.74) is 2.45. The van der Waals surface area contributed by atoms with Crippen LogP contribution in [0.1, 0.15) is 17.9 Å². The number of nitrogens with zero attached hydrogens (tertiary/aromatic N) is 3. The molecule has 0 spiro atoms. The molecule has 2 heterocycles. The van der Waals surface area contributed by atoms with Crippen LogP contribution in [-0.2, 0) is 11.2 Å². The van der Waals surface area contributed by atoms with E-state index in [1.165, 1.54) is 0 Å². The lowest BCUT2D eigenvalue weighted by Gasteiger charge is -2.10. The van der Waals surface area contributed by atoms with Gasteiger partial charge >= 0.3 is 6.01 Å². The van der Waals surface area contributed by atoms with Gasteiger partial charge in [0.2, 0.25) is 5.91 Å². The molecule has 7 nitrogen and oxygen atoms in total. The number of rotatable bonds is 7. The molecule has 1 N–H and O–H groups in total. The molecule has 4 aromatic rings. The number of aromatic nitrogens is 3. The summed E-state index contributed by atoms with van der Waals surface area (Å²) in [4.78, 5) is 24.7. The molecule has 0 saturated carbocycles. The monoisotopic (exact) mass is 434 g/mol. The van der Waals surface area contributed by atoms with Gasteiger partial charge in [0.15, 0.2) is 11.7 Å². The van der Waals surface area contributed by atoms with E-state index in [4.69, 9.17) is 20.8 Å². The molecule has 0 aliphatic rings. The van der Waals surface area contributed by atoms with Gasteiger partial charge < -0.3 is 14.5 Å².